The van der Waals surface area contributed by atoms with E-state index in [1.165, 1.54) is 44.9 Å². The van der Waals surface area contributed by atoms with Crippen molar-refractivity contribution in [2.75, 3.05) is 18.8 Å². The summed E-state index contributed by atoms with van der Waals surface area (Å²) in [6.07, 6.45) is 10.8. The van der Waals surface area contributed by atoms with Crippen molar-refractivity contribution < 1.29 is 56.2 Å². The number of rotatable bonds is 12. The van der Waals surface area contributed by atoms with Gasteiger partial charge in [0.25, 0.3) is 5.91 Å². The zero-order chi connectivity index (χ0) is 24.7. The van der Waals surface area contributed by atoms with Crippen molar-refractivity contribution in [1.29, 1.82) is 0 Å². The first-order chi connectivity index (χ1) is 17.7. The van der Waals surface area contributed by atoms with Crippen LogP contribution in [0, 0.1) is 5.92 Å². The van der Waals surface area contributed by atoms with Crippen LogP contribution in [0.1, 0.15) is 67.5 Å². The summed E-state index contributed by atoms with van der Waals surface area (Å²) in [6.45, 7) is 1.74. The Kier molecular flexibility index (Phi) is 11.8. The maximum Gasteiger partial charge on any atom is 1.00 e. The third kappa shape index (κ3) is 8.78. The summed E-state index contributed by atoms with van der Waals surface area (Å²) in [6, 6.07) is 18.9. The third-order valence-electron chi connectivity index (χ3n) is 7.20. The molecule has 1 atom stereocenters. The molecule has 5 rings (SSSR count). The number of carbonyl (C=O) groups is 1. The van der Waals surface area contributed by atoms with Crippen LogP contribution in [0.4, 0.5) is 5.69 Å². The molecule has 3 N–H and O–H groups in total. The molecule has 192 valence electrons. The first-order valence-electron chi connectivity index (χ1n) is 13.4. The van der Waals surface area contributed by atoms with Crippen LogP contribution in [0.3, 0.4) is 0 Å². The van der Waals surface area contributed by atoms with E-state index in [-0.39, 0.29) is 63.5 Å². The third-order valence-corrected chi connectivity index (χ3v) is 9.60. The number of nitrogens with one attached hydrogen (secondary N) is 1. The summed E-state index contributed by atoms with van der Waals surface area (Å²) in [5.41, 5.74) is 7.03. The van der Waals surface area contributed by atoms with Gasteiger partial charge >= 0.3 is 51.4 Å². The van der Waals surface area contributed by atoms with Crippen LogP contribution in [-0.2, 0) is 0 Å². The largest absolute Gasteiger partial charge is 1.00 e. The number of thiophene rings is 1. The van der Waals surface area contributed by atoms with Crippen LogP contribution in [-0.4, -0.2) is 35.5 Å². The topological polar surface area (TPSA) is 72.5 Å². The zero-order valence-corrected chi connectivity index (χ0v) is 26.7. The molecule has 2 aliphatic carbocycles. The molecular weight excluding hydrogens is 524 g/mol. The van der Waals surface area contributed by atoms with Crippen LogP contribution < -0.4 is 62.4 Å². The first-order valence-corrected chi connectivity index (χ1v) is 15.0. The molecule has 8 heteroatoms. The van der Waals surface area contributed by atoms with Gasteiger partial charge in [-0.3, -0.25) is 4.79 Å². The normalized spacial score (nSPS) is 17.0. The second-order valence-corrected chi connectivity index (χ2v) is 12.3. The molecule has 1 heterocycles. The minimum Gasteiger partial charge on any atom is -0.642 e. The summed E-state index contributed by atoms with van der Waals surface area (Å²) in [4.78, 5) is 15.1. The molecule has 2 aromatic carbocycles. The molecule has 0 saturated heterocycles. The Hall–Kier alpha value is -0.424. The van der Waals surface area contributed by atoms with Crippen LogP contribution in [0.2, 0.25) is 0 Å². The van der Waals surface area contributed by atoms with Gasteiger partial charge in [-0.2, -0.15) is 0 Å². The number of para-hydroxylation sites is 1. The fourth-order valence-electron chi connectivity index (χ4n) is 5.06. The van der Waals surface area contributed by atoms with E-state index in [1.54, 1.807) is 23.3 Å². The van der Waals surface area contributed by atoms with Crippen molar-refractivity contribution in [3.05, 3.63) is 64.8 Å². The van der Waals surface area contributed by atoms with Gasteiger partial charge in [-0.1, -0.05) is 75.0 Å². The maximum absolute atomic E-state index is 13.2. The van der Waals surface area contributed by atoms with Crippen LogP contribution in [0.25, 0.3) is 15.4 Å². The molecule has 0 radical (unpaired) electrons. The molecule has 5 nitrogen and oxygen atoms in total. The number of benzene rings is 2. The van der Waals surface area contributed by atoms with Gasteiger partial charge in [-0.25, -0.2) is 4.31 Å². The summed E-state index contributed by atoms with van der Waals surface area (Å²) < 4.78 is 3.63. The van der Waals surface area contributed by atoms with Gasteiger partial charge in [0.15, 0.2) is 0 Å². The summed E-state index contributed by atoms with van der Waals surface area (Å²) in [7, 11) is 0. The second kappa shape index (κ2) is 14.8. The van der Waals surface area contributed by atoms with Crippen molar-refractivity contribution in [2.45, 2.75) is 74.9 Å². The van der Waals surface area contributed by atoms with Crippen molar-refractivity contribution in [2.24, 2.45) is 5.92 Å². The molecule has 37 heavy (non-hydrogen) atoms. The molecule has 1 unspecified atom stereocenters. The molecule has 2 aliphatic rings. The molecule has 2 fully saturated rings. The Morgan fingerprint density at radius 2 is 1.84 bits per heavy atom. The molecule has 0 spiro atoms. The minimum absolute atomic E-state index is 0. The minimum atomic E-state index is -0.113. The molecule has 0 aliphatic heterocycles. The van der Waals surface area contributed by atoms with Crippen molar-refractivity contribution in [3.8, 4) is 0 Å². The fraction of sp³-hybridized carbons (Fsp3) is 0.483. The van der Waals surface area contributed by atoms with E-state index in [0.29, 0.717) is 12.0 Å². The molecule has 3 aromatic rings. The number of nitrogens with two attached hydrogens (primary N) is 1. The first kappa shape index (κ1) is 29.6. The summed E-state index contributed by atoms with van der Waals surface area (Å²) >= 11 is 3.35. The predicted molar refractivity (Wildman–Crippen MR) is 154 cm³/mol. The van der Waals surface area contributed by atoms with Gasteiger partial charge in [0.1, 0.15) is 0 Å². The van der Waals surface area contributed by atoms with E-state index < -0.39 is 0 Å². The van der Waals surface area contributed by atoms with E-state index in [1.807, 2.05) is 36.4 Å². The number of anilines is 1. The van der Waals surface area contributed by atoms with Crippen LogP contribution >= 0.6 is 23.3 Å². The van der Waals surface area contributed by atoms with Crippen molar-refractivity contribution in [1.82, 2.24) is 9.62 Å². The van der Waals surface area contributed by atoms with Gasteiger partial charge in [0, 0.05) is 27.9 Å². The Balaban J connectivity index is 0.00000320. The van der Waals surface area contributed by atoms with E-state index in [4.69, 9.17) is 11.1 Å². The van der Waals surface area contributed by atoms with Gasteiger partial charge in [0.2, 0.25) is 0 Å². The Labute approximate surface area is 272 Å². The van der Waals surface area contributed by atoms with Crippen LogP contribution in [0.15, 0.2) is 59.5 Å². The second-order valence-electron chi connectivity index (χ2n) is 10.1. The number of hydrogen-bond donors (Lipinski definition) is 2. The molecular formula is C29H37KN4OS2. The summed E-state index contributed by atoms with van der Waals surface area (Å²) in [5.74, 6) is 0.672. The number of fused-ring (bicyclic) bond motifs is 1. The molecule has 1 aromatic heterocycles. The fourth-order valence-corrected chi connectivity index (χ4v) is 7.17. The van der Waals surface area contributed by atoms with Crippen molar-refractivity contribution >= 4 is 45.0 Å². The standard InChI is InChI=1S/C29H37N4OS2.K/c30-24-12-5-7-14-26(24)36-33(23-15-16-23)18-8-17-31-28(19-21-9-2-1-3-10-21)32-29(34)27-20-22-11-4-6-13-25(22)35-27;/h4-7,11-14,20-21,23,28H,1-3,8-10,15-19,30H2,(H,32,34);/q-1;+1. The van der Waals surface area contributed by atoms with Gasteiger partial charge < -0.3 is 16.4 Å². The van der Waals surface area contributed by atoms with E-state index in [2.05, 4.69) is 27.8 Å². The van der Waals surface area contributed by atoms with E-state index in [9.17, 15) is 4.79 Å². The quantitative estimate of drug-likeness (QED) is 0.149. The van der Waals surface area contributed by atoms with E-state index in [0.717, 1.165) is 51.5 Å². The summed E-state index contributed by atoms with van der Waals surface area (Å²) in [5, 5.41) is 9.44. The predicted octanol–water partition coefficient (Wildman–Crippen LogP) is 4.45. The number of carbonyl (C=O) groups excluding carboxylic acids is 1. The Morgan fingerprint density at radius 1 is 1.08 bits per heavy atom. The maximum atomic E-state index is 13.2. The number of hydrogen-bond acceptors (Lipinski definition) is 5. The number of nitrogens with zero attached hydrogens (tertiary/aromatic N) is 2. The molecule has 0 bridgehead atoms. The van der Waals surface area contributed by atoms with E-state index >= 15 is 0 Å². The van der Waals surface area contributed by atoms with Gasteiger partial charge in [-0.15, -0.1) is 17.9 Å². The SMILES string of the molecule is Nc1ccccc1SN(CCC[N-]C(CC1CCCCC1)NC(=O)c1cc2ccccc2s1)C1CC1.[K+]. The Bertz CT molecular complexity index is 1110. The molecule has 2 saturated carbocycles. The Morgan fingerprint density at radius 3 is 2.59 bits per heavy atom. The smallest absolute Gasteiger partial charge is 0.642 e. The number of amides is 1. The van der Waals surface area contributed by atoms with Gasteiger partial charge in [0.05, 0.1) is 4.88 Å². The average Bonchev–Trinajstić information content (AvgIpc) is 3.65. The van der Waals surface area contributed by atoms with Gasteiger partial charge in [-0.05, 0) is 66.8 Å². The zero-order valence-electron chi connectivity index (χ0n) is 21.9. The monoisotopic (exact) mass is 560 g/mol. The van der Waals surface area contributed by atoms with Crippen molar-refractivity contribution in [3.63, 3.8) is 0 Å². The molecule has 1 amide bonds. The number of nitrogen functional groups attached to an aromatic ring is 1. The van der Waals surface area contributed by atoms with Crippen LogP contribution in [0.5, 0.6) is 0 Å². The average molecular weight is 561 g/mol.